The molecule has 0 spiro atoms. The van der Waals surface area contributed by atoms with Crippen LogP contribution in [0.15, 0.2) is 29.1 Å². The molecule has 0 atom stereocenters. The molecular formula is C13H13N3O3S. The van der Waals surface area contributed by atoms with Crippen molar-refractivity contribution >= 4 is 28.5 Å². The van der Waals surface area contributed by atoms with E-state index in [9.17, 15) is 14.9 Å². The lowest BCUT2D eigenvalue weighted by atomic mass is 10.1. The number of nitrogens with zero attached hydrogens (tertiary/aromatic N) is 3. The molecule has 1 aromatic carbocycles. The third-order valence-electron chi connectivity index (χ3n) is 2.88. The molecule has 1 heterocycles. The second-order valence-corrected chi connectivity index (χ2v) is 5.07. The first kappa shape index (κ1) is 14.1. The van der Waals surface area contributed by atoms with Gasteiger partial charge in [-0.15, -0.1) is 11.3 Å². The minimum Gasteiger partial charge on any atom is -0.369 e. The molecule has 0 saturated heterocycles. The molecule has 0 fully saturated rings. The predicted octanol–water partition coefficient (Wildman–Crippen LogP) is 2.89. The number of aromatic nitrogens is 1. The summed E-state index contributed by atoms with van der Waals surface area (Å²) in [7, 11) is 1.85. The summed E-state index contributed by atoms with van der Waals surface area (Å²) in [6.45, 7) is 1.91. The van der Waals surface area contributed by atoms with Crippen molar-refractivity contribution in [1.29, 1.82) is 0 Å². The van der Waals surface area contributed by atoms with Crippen molar-refractivity contribution in [1.82, 2.24) is 4.98 Å². The summed E-state index contributed by atoms with van der Waals surface area (Å²) in [6, 6.07) is 4.55. The van der Waals surface area contributed by atoms with E-state index in [0.29, 0.717) is 6.54 Å². The number of thiazole rings is 1. The summed E-state index contributed by atoms with van der Waals surface area (Å²) >= 11 is 1.51. The summed E-state index contributed by atoms with van der Waals surface area (Å²) in [4.78, 5) is 28.0. The number of nitro groups is 1. The van der Waals surface area contributed by atoms with E-state index in [-0.39, 0.29) is 17.0 Å². The number of ketones is 1. The number of hydrogen-bond acceptors (Lipinski definition) is 6. The molecule has 0 aliphatic rings. The summed E-state index contributed by atoms with van der Waals surface area (Å²) in [5.74, 6) is -0.319. The average Bonchev–Trinajstić information content (AvgIpc) is 2.90. The molecule has 0 saturated carbocycles. The summed E-state index contributed by atoms with van der Waals surface area (Å²) in [5.41, 5.74) is 3.37. The van der Waals surface area contributed by atoms with Crippen LogP contribution in [0.4, 0.5) is 11.4 Å². The van der Waals surface area contributed by atoms with Crippen LogP contribution in [0.2, 0.25) is 0 Å². The Bertz CT molecular complexity index is 640. The van der Waals surface area contributed by atoms with Crippen LogP contribution in [0.25, 0.3) is 0 Å². The molecule has 1 aromatic heterocycles. The van der Waals surface area contributed by atoms with Gasteiger partial charge < -0.3 is 4.90 Å². The number of nitro benzene ring substituents is 1. The van der Waals surface area contributed by atoms with Crippen LogP contribution < -0.4 is 4.90 Å². The third-order valence-corrected chi connectivity index (χ3v) is 3.51. The molecule has 0 unspecified atom stereocenters. The number of Topliss-reactive ketones (excluding diaryl/α,β-unsaturated/α-hetero) is 1. The highest BCUT2D eigenvalue weighted by molar-refractivity contribution is 7.07. The molecule has 20 heavy (non-hydrogen) atoms. The van der Waals surface area contributed by atoms with E-state index in [1.54, 1.807) is 17.6 Å². The molecule has 6 nitrogen and oxygen atoms in total. The van der Waals surface area contributed by atoms with E-state index >= 15 is 0 Å². The Morgan fingerprint density at radius 2 is 2.25 bits per heavy atom. The first-order valence-electron chi connectivity index (χ1n) is 5.86. The number of carbonyl (C=O) groups excluding carboxylic acids is 1. The molecular weight excluding hydrogens is 278 g/mol. The van der Waals surface area contributed by atoms with Crippen LogP contribution in [-0.2, 0) is 6.54 Å². The standard InChI is InChI=1S/C13H13N3O3S/c1-9(17)12-5-11(3-4-13(12)16(18)19)15(2)6-10-7-20-8-14-10/h3-5,7-8H,6H2,1-2H3. The number of carbonyl (C=O) groups is 1. The van der Waals surface area contributed by atoms with E-state index in [4.69, 9.17) is 0 Å². The zero-order valence-corrected chi connectivity index (χ0v) is 11.9. The highest BCUT2D eigenvalue weighted by Crippen LogP contribution is 2.25. The first-order valence-corrected chi connectivity index (χ1v) is 6.81. The van der Waals surface area contributed by atoms with Crippen molar-refractivity contribution < 1.29 is 9.72 Å². The Kier molecular flexibility index (Phi) is 4.09. The van der Waals surface area contributed by atoms with Crippen LogP contribution in [0.5, 0.6) is 0 Å². The smallest absolute Gasteiger partial charge is 0.280 e. The summed E-state index contributed by atoms with van der Waals surface area (Å²) in [6.07, 6.45) is 0. The van der Waals surface area contributed by atoms with Crippen molar-refractivity contribution in [3.63, 3.8) is 0 Å². The Labute approximate surface area is 119 Å². The lowest BCUT2D eigenvalue weighted by Gasteiger charge is -2.18. The van der Waals surface area contributed by atoms with Gasteiger partial charge in [-0.2, -0.15) is 0 Å². The van der Waals surface area contributed by atoms with Crippen LogP contribution in [-0.4, -0.2) is 22.7 Å². The highest BCUT2D eigenvalue weighted by Gasteiger charge is 2.18. The minimum absolute atomic E-state index is 0.123. The normalized spacial score (nSPS) is 10.3. The fourth-order valence-corrected chi connectivity index (χ4v) is 2.40. The SMILES string of the molecule is CC(=O)c1cc(N(C)Cc2cscn2)ccc1[N+](=O)[O-]. The highest BCUT2D eigenvalue weighted by atomic mass is 32.1. The fourth-order valence-electron chi connectivity index (χ4n) is 1.85. The molecule has 0 amide bonds. The Morgan fingerprint density at radius 3 is 2.80 bits per heavy atom. The molecule has 0 bridgehead atoms. The zero-order valence-electron chi connectivity index (χ0n) is 11.1. The van der Waals surface area contributed by atoms with Gasteiger partial charge in [0.05, 0.1) is 28.2 Å². The van der Waals surface area contributed by atoms with E-state index < -0.39 is 4.92 Å². The maximum Gasteiger partial charge on any atom is 0.280 e. The summed E-state index contributed by atoms with van der Waals surface area (Å²) < 4.78 is 0. The maximum atomic E-state index is 11.5. The Morgan fingerprint density at radius 1 is 1.50 bits per heavy atom. The van der Waals surface area contributed by atoms with E-state index in [1.165, 1.54) is 24.3 Å². The van der Waals surface area contributed by atoms with Gasteiger partial charge in [0.25, 0.3) is 5.69 Å². The van der Waals surface area contributed by atoms with Gasteiger partial charge in [-0.25, -0.2) is 4.98 Å². The quantitative estimate of drug-likeness (QED) is 0.481. The number of benzene rings is 1. The second kappa shape index (κ2) is 5.79. The molecule has 0 aliphatic carbocycles. The lowest BCUT2D eigenvalue weighted by Crippen LogP contribution is -2.17. The van der Waals surface area contributed by atoms with Crippen molar-refractivity contribution in [3.05, 3.63) is 50.5 Å². The lowest BCUT2D eigenvalue weighted by molar-refractivity contribution is -0.385. The van der Waals surface area contributed by atoms with Gasteiger partial charge in [-0.1, -0.05) is 0 Å². The number of hydrogen-bond donors (Lipinski definition) is 0. The molecule has 104 valence electrons. The average molecular weight is 291 g/mol. The van der Waals surface area contributed by atoms with Crippen LogP contribution >= 0.6 is 11.3 Å². The van der Waals surface area contributed by atoms with Gasteiger partial charge in [0.2, 0.25) is 0 Å². The van der Waals surface area contributed by atoms with Crippen molar-refractivity contribution in [3.8, 4) is 0 Å². The third kappa shape index (κ3) is 3.00. The fraction of sp³-hybridized carbons (Fsp3) is 0.231. The van der Waals surface area contributed by atoms with Gasteiger partial charge in [-0.3, -0.25) is 14.9 Å². The van der Waals surface area contributed by atoms with E-state index in [1.807, 2.05) is 17.3 Å². The van der Waals surface area contributed by atoms with Gasteiger partial charge in [0, 0.05) is 24.2 Å². The van der Waals surface area contributed by atoms with Crippen molar-refractivity contribution in [2.45, 2.75) is 13.5 Å². The van der Waals surface area contributed by atoms with Crippen LogP contribution in [0, 0.1) is 10.1 Å². The van der Waals surface area contributed by atoms with Crippen LogP contribution in [0.1, 0.15) is 23.0 Å². The van der Waals surface area contributed by atoms with Gasteiger partial charge in [0.15, 0.2) is 5.78 Å². The topological polar surface area (TPSA) is 76.3 Å². The van der Waals surface area contributed by atoms with Crippen LogP contribution in [0.3, 0.4) is 0 Å². The molecule has 7 heteroatoms. The van der Waals surface area contributed by atoms with E-state index in [0.717, 1.165) is 11.4 Å². The zero-order chi connectivity index (χ0) is 14.7. The van der Waals surface area contributed by atoms with Crippen molar-refractivity contribution in [2.75, 3.05) is 11.9 Å². The van der Waals surface area contributed by atoms with Gasteiger partial charge >= 0.3 is 0 Å². The largest absolute Gasteiger partial charge is 0.369 e. The predicted molar refractivity (Wildman–Crippen MR) is 77.3 cm³/mol. The Balaban J connectivity index is 2.31. The minimum atomic E-state index is -0.541. The summed E-state index contributed by atoms with van der Waals surface area (Å²) in [5, 5.41) is 12.8. The molecule has 2 aromatic rings. The molecule has 2 rings (SSSR count). The van der Waals surface area contributed by atoms with Crippen molar-refractivity contribution in [2.24, 2.45) is 0 Å². The second-order valence-electron chi connectivity index (χ2n) is 4.35. The number of rotatable bonds is 5. The molecule has 0 aliphatic heterocycles. The van der Waals surface area contributed by atoms with Gasteiger partial charge in [-0.05, 0) is 19.1 Å². The monoisotopic (exact) mass is 291 g/mol. The maximum absolute atomic E-state index is 11.5. The van der Waals surface area contributed by atoms with E-state index in [2.05, 4.69) is 4.98 Å². The Hall–Kier alpha value is -2.28. The number of anilines is 1. The first-order chi connectivity index (χ1) is 9.49. The molecule has 0 N–H and O–H groups in total. The van der Waals surface area contributed by atoms with Gasteiger partial charge in [0.1, 0.15) is 0 Å². The molecule has 0 radical (unpaired) electrons.